The number of rotatable bonds is 6. The number of fused-ring (bicyclic) bond motifs is 9. The van der Waals surface area contributed by atoms with Gasteiger partial charge in [-0.25, -0.2) is 15.0 Å². The molecule has 2 aliphatic rings. The molecule has 5 nitrogen and oxygen atoms in total. The number of para-hydroxylation sites is 2. The molecule has 0 amide bonds. The van der Waals surface area contributed by atoms with E-state index < -0.39 is 5.41 Å². The fraction of sp³-hybridized carbons (Fsp3) is 0.0169. The second kappa shape index (κ2) is 15.0. The Bertz CT molecular complexity index is 3450. The van der Waals surface area contributed by atoms with Crippen molar-refractivity contribution in [3.05, 3.63) is 246 Å². The molecular weight excluding hydrogens is 781 g/mol. The second-order valence-corrected chi connectivity index (χ2v) is 16.2. The summed E-state index contributed by atoms with van der Waals surface area (Å²) in [7, 11) is 0. The van der Waals surface area contributed by atoms with Crippen molar-refractivity contribution >= 4 is 0 Å². The van der Waals surface area contributed by atoms with Crippen LogP contribution in [0.15, 0.2) is 218 Å². The summed E-state index contributed by atoms with van der Waals surface area (Å²) in [5, 5.41) is 9.57. The van der Waals surface area contributed by atoms with Gasteiger partial charge in [-0.15, -0.1) is 0 Å². The molecule has 1 aromatic heterocycles. The molecule has 298 valence electrons. The Balaban J connectivity index is 0.983. The van der Waals surface area contributed by atoms with E-state index in [0.29, 0.717) is 23.0 Å². The Hall–Kier alpha value is -8.72. The lowest BCUT2D eigenvalue weighted by atomic mass is 9.65. The van der Waals surface area contributed by atoms with Crippen molar-refractivity contribution in [2.24, 2.45) is 0 Å². The van der Waals surface area contributed by atoms with Crippen molar-refractivity contribution < 1.29 is 4.74 Å². The monoisotopic (exact) mass is 816 g/mol. The van der Waals surface area contributed by atoms with Crippen LogP contribution in [0.5, 0.6) is 11.5 Å². The maximum absolute atomic E-state index is 9.57. The number of ether oxygens (including phenoxy) is 1. The van der Waals surface area contributed by atoms with Gasteiger partial charge in [0, 0.05) is 33.4 Å². The van der Waals surface area contributed by atoms with Crippen LogP contribution in [0.2, 0.25) is 0 Å². The first-order chi connectivity index (χ1) is 31.7. The Labute approximate surface area is 371 Å². The van der Waals surface area contributed by atoms with Crippen molar-refractivity contribution in [3.63, 3.8) is 0 Å². The van der Waals surface area contributed by atoms with E-state index in [-0.39, 0.29) is 0 Å². The van der Waals surface area contributed by atoms with Crippen molar-refractivity contribution in [1.82, 2.24) is 15.0 Å². The van der Waals surface area contributed by atoms with Crippen LogP contribution in [0, 0.1) is 11.3 Å². The summed E-state index contributed by atoms with van der Waals surface area (Å²) in [6.07, 6.45) is 0. The Morgan fingerprint density at radius 2 is 0.781 bits per heavy atom. The van der Waals surface area contributed by atoms with E-state index in [1.54, 1.807) is 0 Å². The normalized spacial score (nSPS) is 14.1. The van der Waals surface area contributed by atoms with Crippen molar-refractivity contribution in [2.45, 2.75) is 5.41 Å². The summed E-state index contributed by atoms with van der Waals surface area (Å²) >= 11 is 0. The van der Waals surface area contributed by atoms with E-state index in [9.17, 15) is 5.26 Å². The predicted octanol–water partition coefficient (Wildman–Crippen LogP) is 14.2. The summed E-state index contributed by atoms with van der Waals surface area (Å²) in [4.78, 5) is 15.1. The second-order valence-electron chi connectivity index (χ2n) is 16.2. The minimum Gasteiger partial charge on any atom is -0.456 e. The van der Waals surface area contributed by atoms with Gasteiger partial charge in [-0.1, -0.05) is 200 Å². The Kier molecular flexibility index (Phi) is 8.70. The first-order valence-electron chi connectivity index (χ1n) is 21.4. The summed E-state index contributed by atoms with van der Waals surface area (Å²) in [5.41, 5.74) is 16.2. The minimum atomic E-state index is -0.650. The number of nitriles is 1. The van der Waals surface area contributed by atoms with Gasteiger partial charge in [0.2, 0.25) is 0 Å². The number of hydrogen-bond donors (Lipinski definition) is 0. The standard InChI is InChI=1S/C59H36N4O/c60-37-38-25-27-41(28-26-38)46-18-11-22-51-54(46)48-17-7-8-20-49(48)59(51)50-21-9-10-24-53(50)64-55-47(19-12-23-52(55)59)42-31-35-45(36-32-42)58-62-56(43-15-5-2-6-16-43)61-57(63-58)44-33-29-40(30-34-44)39-13-3-1-4-14-39/h1-36H. The number of nitrogens with zero attached hydrogens (tertiary/aromatic N) is 4. The predicted molar refractivity (Wildman–Crippen MR) is 255 cm³/mol. The lowest BCUT2D eigenvalue weighted by Crippen LogP contribution is -2.32. The zero-order valence-corrected chi connectivity index (χ0v) is 34.5. The Morgan fingerprint density at radius 1 is 0.344 bits per heavy atom. The van der Waals surface area contributed by atoms with Crippen LogP contribution in [-0.4, -0.2) is 15.0 Å². The highest BCUT2D eigenvalue weighted by atomic mass is 16.5. The lowest BCUT2D eigenvalue weighted by Gasteiger charge is -2.40. The van der Waals surface area contributed by atoms with Gasteiger partial charge in [0.1, 0.15) is 11.5 Å². The molecule has 0 saturated carbocycles. The molecule has 2 heterocycles. The third-order valence-corrected chi connectivity index (χ3v) is 12.7. The van der Waals surface area contributed by atoms with E-state index >= 15 is 0 Å². The maximum atomic E-state index is 9.57. The van der Waals surface area contributed by atoms with Crippen LogP contribution in [0.25, 0.3) is 78.7 Å². The van der Waals surface area contributed by atoms with Gasteiger partial charge >= 0.3 is 0 Å². The van der Waals surface area contributed by atoms with E-state index in [2.05, 4.69) is 170 Å². The van der Waals surface area contributed by atoms with Gasteiger partial charge in [-0.2, -0.15) is 5.26 Å². The van der Waals surface area contributed by atoms with Crippen LogP contribution in [0.3, 0.4) is 0 Å². The molecule has 9 aromatic carbocycles. The molecule has 0 saturated heterocycles. The molecule has 1 aliphatic heterocycles. The highest BCUT2D eigenvalue weighted by Crippen LogP contribution is 2.64. The molecule has 0 bridgehead atoms. The van der Waals surface area contributed by atoms with Crippen LogP contribution in [0.1, 0.15) is 27.8 Å². The van der Waals surface area contributed by atoms with Crippen LogP contribution in [-0.2, 0) is 5.41 Å². The minimum absolute atomic E-state index is 0.596. The van der Waals surface area contributed by atoms with Crippen LogP contribution in [0.4, 0.5) is 0 Å². The summed E-state index contributed by atoms with van der Waals surface area (Å²) in [6, 6.07) is 77.9. The average Bonchev–Trinajstić information content (AvgIpc) is 3.67. The van der Waals surface area contributed by atoms with E-state index in [4.69, 9.17) is 19.7 Å². The average molecular weight is 817 g/mol. The number of hydrogen-bond acceptors (Lipinski definition) is 5. The van der Waals surface area contributed by atoms with Crippen LogP contribution >= 0.6 is 0 Å². The molecule has 1 spiro atoms. The summed E-state index contributed by atoms with van der Waals surface area (Å²) in [6.45, 7) is 0. The number of aromatic nitrogens is 3. The molecular formula is C59H36N4O. The molecule has 10 aromatic rings. The quantitative estimate of drug-likeness (QED) is 0.167. The van der Waals surface area contributed by atoms with E-state index in [1.165, 1.54) is 22.3 Å². The Morgan fingerprint density at radius 3 is 1.44 bits per heavy atom. The van der Waals surface area contributed by atoms with Crippen molar-refractivity contribution in [1.29, 1.82) is 5.26 Å². The zero-order valence-electron chi connectivity index (χ0n) is 34.5. The fourth-order valence-corrected chi connectivity index (χ4v) is 9.76. The molecule has 0 fully saturated rings. The van der Waals surface area contributed by atoms with E-state index in [0.717, 1.165) is 72.7 Å². The maximum Gasteiger partial charge on any atom is 0.164 e. The number of benzene rings is 9. The highest BCUT2D eigenvalue weighted by Gasteiger charge is 2.52. The van der Waals surface area contributed by atoms with E-state index in [1.807, 2.05) is 54.6 Å². The summed E-state index contributed by atoms with van der Waals surface area (Å²) < 4.78 is 7.04. The van der Waals surface area contributed by atoms with Crippen molar-refractivity contribution in [3.8, 4) is 96.2 Å². The first kappa shape index (κ1) is 37.1. The van der Waals surface area contributed by atoms with Gasteiger partial charge in [-0.3, -0.25) is 0 Å². The molecule has 5 heteroatoms. The molecule has 1 aliphatic carbocycles. The van der Waals surface area contributed by atoms with Crippen molar-refractivity contribution in [2.75, 3.05) is 0 Å². The fourth-order valence-electron chi connectivity index (χ4n) is 9.76. The highest BCUT2D eigenvalue weighted by molar-refractivity contribution is 5.97. The zero-order chi connectivity index (χ0) is 42.6. The van der Waals surface area contributed by atoms with Crippen LogP contribution < -0.4 is 4.74 Å². The van der Waals surface area contributed by atoms with Gasteiger partial charge in [-0.05, 0) is 68.3 Å². The molecule has 12 rings (SSSR count). The molecule has 0 N–H and O–H groups in total. The summed E-state index contributed by atoms with van der Waals surface area (Å²) in [5.74, 6) is 3.48. The smallest absolute Gasteiger partial charge is 0.164 e. The van der Waals surface area contributed by atoms with Gasteiger partial charge in [0.05, 0.1) is 17.0 Å². The molecule has 0 radical (unpaired) electrons. The largest absolute Gasteiger partial charge is 0.456 e. The molecule has 64 heavy (non-hydrogen) atoms. The van der Waals surface area contributed by atoms with Gasteiger partial charge < -0.3 is 4.74 Å². The van der Waals surface area contributed by atoms with Gasteiger partial charge in [0.15, 0.2) is 17.5 Å². The third-order valence-electron chi connectivity index (χ3n) is 12.7. The topological polar surface area (TPSA) is 71.7 Å². The SMILES string of the molecule is N#Cc1ccc(-c2cccc3c2-c2ccccc2C32c3ccccc3Oc3c(-c4ccc(-c5nc(-c6ccccc6)nc(-c6ccc(-c7ccccc7)cc6)n5)cc4)cccc32)cc1. The molecule has 1 unspecified atom stereocenters. The third kappa shape index (κ3) is 5.89. The van der Waals surface area contributed by atoms with Gasteiger partial charge in [0.25, 0.3) is 0 Å². The lowest BCUT2D eigenvalue weighted by molar-refractivity contribution is 0.438. The molecule has 1 atom stereocenters. The first-order valence-corrected chi connectivity index (χ1v) is 21.4.